The number of hydrogen-bond acceptors (Lipinski definition) is 4. The minimum atomic E-state index is -0.816. The van der Waals surface area contributed by atoms with Crippen LogP contribution in [0.3, 0.4) is 0 Å². The second kappa shape index (κ2) is 7.10. The topological polar surface area (TPSA) is 63.7 Å². The number of benzene rings is 1. The van der Waals surface area contributed by atoms with Gasteiger partial charge in [-0.05, 0) is 57.6 Å². The van der Waals surface area contributed by atoms with E-state index in [1.165, 1.54) is 0 Å². The third-order valence-electron chi connectivity index (χ3n) is 6.47. The van der Waals surface area contributed by atoms with Crippen molar-refractivity contribution in [3.63, 3.8) is 0 Å². The van der Waals surface area contributed by atoms with E-state index in [4.69, 9.17) is 4.74 Å². The summed E-state index contributed by atoms with van der Waals surface area (Å²) in [6.07, 6.45) is 4.01. The maximum Gasteiger partial charge on any atom is 0.309 e. The lowest BCUT2D eigenvalue weighted by Gasteiger charge is -2.37. The lowest BCUT2D eigenvalue weighted by atomic mass is 9.67. The van der Waals surface area contributed by atoms with Gasteiger partial charge in [-0.25, -0.2) is 0 Å². The van der Waals surface area contributed by atoms with Crippen LogP contribution >= 0.6 is 0 Å². The Balaban J connectivity index is 1.42. The maximum atomic E-state index is 13.0. The van der Waals surface area contributed by atoms with Gasteiger partial charge in [0.15, 0.2) is 6.10 Å². The molecule has 4 rings (SSSR count). The van der Waals surface area contributed by atoms with Crippen LogP contribution in [0.1, 0.15) is 51.5 Å². The standard InChI is InChI=1S/C22H27NO4/c1-13-10-15-6-3-4-9-19(15)23(13)21(25)14(2)27-22(26)18-11-16-7-5-8-17(12-18)20(16)24/h3-4,6,9,13-14,16-18H,5,7-8,10-12H2,1-2H3/t13-,14+,16-,17+,18?/m1/s1. The molecule has 1 heterocycles. The predicted octanol–water partition coefficient (Wildman–Crippen LogP) is 3.29. The highest BCUT2D eigenvalue weighted by Gasteiger charge is 2.43. The number of para-hydroxylation sites is 1. The first-order valence-corrected chi connectivity index (χ1v) is 10.1. The van der Waals surface area contributed by atoms with Crippen molar-refractivity contribution in [2.75, 3.05) is 4.90 Å². The molecule has 1 aromatic rings. The largest absolute Gasteiger partial charge is 0.452 e. The van der Waals surface area contributed by atoms with Crippen molar-refractivity contribution < 1.29 is 19.1 Å². The Morgan fingerprint density at radius 3 is 2.52 bits per heavy atom. The normalized spacial score (nSPS) is 30.6. The molecule has 0 spiro atoms. The van der Waals surface area contributed by atoms with Crippen molar-refractivity contribution in [3.05, 3.63) is 29.8 Å². The summed E-state index contributed by atoms with van der Waals surface area (Å²) in [4.78, 5) is 39.6. The maximum absolute atomic E-state index is 13.0. The highest BCUT2D eigenvalue weighted by atomic mass is 16.5. The molecule has 2 saturated carbocycles. The van der Waals surface area contributed by atoms with Crippen LogP contribution < -0.4 is 4.90 Å². The van der Waals surface area contributed by atoms with Crippen molar-refractivity contribution in [3.8, 4) is 0 Å². The molecule has 1 amide bonds. The van der Waals surface area contributed by atoms with Gasteiger partial charge in [-0.1, -0.05) is 24.6 Å². The molecule has 27 heavy (non-hydrogen) atoms. The van der Waals surface area contributed by atoms with E-state index in [0.29, 0.717) is 18.6 Å². The van der Waals surface area contributed by atoms with Crippen molar-refractivity contribution >= 4 is 23.3 Å². The third-order valence-corrected chi connectivity index (χ3v) is 6.47. The summed E-state index contributed by atoms with van der Waals surface area (Å²) in [5, 5.41) is 0. The number of hydrogen-bond donors (Lipinski definition) is 0. The third kappa shape index (κ3) is 3.28. The van der Waals surface area contributed by atoms with Crippen LogP contribution in [0.15, 0.2) is 24.3 Å². The molecule has 2 bridgehead atoms. The van der Waals surface area contributed by atoms with Crippen LogP contribution in [0, 0.1) is 17.8 Å². The number of fused-ring (bicyclic) bond motifs is 3. The number of amides is 1. The summed E-state index contributed by atoms with van der Waals surface area (Å²) < 4.78 is 5.59. The number of Topliss-reactive ketones (excluding diaryl/α,β-unsaturated/α-hetero) is 1. The van der Waals surface area contributed by atoms with Crippen LogP contribution in [-0.4, -0.2) is 29.8 Å². The van der Waals surface area contributed by atoms with E-state index >= 15 is 0 Å². The van der Waals surface area contributed by atoms with Gasteiger partial charge in [0, 0.05) is 23.6 Å². The average molecular weight is 369 g/mol. The molecule has 0 aromatic heterocycles. The van der Waals surface area contributed by atoms with Gasteiger partial charge >= 0.3 is 5.97 Å². The van der Waals surface area contributed by atoms with Crippen LogP contribution in [0.25, 0.3) is 0 Å². The summed E-state index contributed by atoms with van der Waals surface area (Å²) in [6, 6.07) is 7.94. The fourth-order valence-electron chi connectivity index (χ4n) is 5.09. The SMILES string of the molecule is C[C@H](OC(=O)C1C[C@H]2CCC[C@@H](C1)C2=O)C(=O)N1c2ccccc2C[C@H]1C. The summed E-state index contributed by atoms with van der Waals surface area (Å²) in [6.45, 7) is 3.67. The molecule has 1 unspecified atom stereocenters. The molecule has 1 aromatic carbocycles. The number of rotatable bonds is 3. The number of nitrogens with zero attached hydrogens (tertiary/aromatic N) is 1. The zero-order valence-corrected chi connectivity index (χ0v) is 16.0. The van der Waals surface area contributed by atoms with E-state index in [1.54, 1.807) is 11.8 Å². The van der Waals surface area contributed by atoms with Gasteiger partial charge in [-0.3, -0.25) is 14.4 Å². The van der Waals surface area contributed by atoms with Crippen LogP contribution in [0.5, 0.6) is 0 Å². The molecule has 5 atom stereocenters. The van der Waals surface area contributed by atoms with Gasteiger partial charge < -0.3 is 9.64 Å². The highest BCUT2D eigenvalue weighted by Crippen LogP contribution is 2.40. The van der Waals surface area contributed by atoms with Gasteiger partial charge in [-0.15, -0.1) is 0 Å². The van der Waals surface area contributed by atoms with Crippen molar-refractivity contribution in [1.82, 2.24) is 0 Å². The van der Waals surface area contributed by atoms with Crippen molar-refractivity contribution in [2.24, 2.45) is 17.8 Å². The quantitative estimate of drug-likeness (QED) is 0.767. The molecule has 0 radical (unpaired) electrons. The van der Waals surface area contributed by atoms with Crippen LogP contribution in [0.4, 0.5) is 5.69 Å². The molecular weight excluding hydrogens is 342 g/mol. The summed E-state index contributed by atoms with van der Waals surface area (Å²) in [5.74, 6) is -0.403. The average Bonchev–Trinajstić information content (AvgIpc) is 2.96. The number of carbonyl (C=O) groups excluding carboxylic acids is 3. The second-order valence-electron chi connectivity index (χ2n) is 8.36. The lowest BCUT2D eigenvalue weighted by Crippen LogP contribution is -2.45. The molecule has 0 N–H and O–H groups in total. The molecular formula is C22H27NO4. The first kappa shape index (κ1) is 18.2. The molecule has 2 fully saturated rings. The number of ether oxygens (including phenoxy) is 1. The number of esters is 1. The van der Waals surface area contributed by atoms with Gasteiger partial charge in [0.2, 0.25) is 0 Å². The molecule has 2 aliphatic carbocycles. The fraction of sp³-hybridized carbons (Fsp3) is 0.591. The number of carbonyl (C=O) groups is 3. The van der Waals surface area contributed by atoms with E-state index in [9.17, 15) is 14.4 Å². The molecule has 0 saturated heterocycles. The molecule has 1 aliphatic heterocycles. The zero-order chi connectivity index (χ0) is 19.1. The zero-order valence-electron chi connectivity index (χ0n) is 16.0. The Bertz CT molecular complexity index is 757. The van der Waals surface area contributed by atoms with Gasteiger partial charge in [0.25, 0.3) is 5.91 Å². The van der Waals surface area contributed by atoms with E-state index in [0.717, 1.165) is 36.9 Å². The van der Waals surface area contributed by atoms with Gasteiger partial charge in [-0.2, -0.15) is 0 Å². The Labute approximate surface area is 160 Å². The first-order chi connectivity index (χ1) is 13.0. The summed E-state index contributed by atoms with van der Waals surface area (Å²) >= 11 is 0. The monoisotopic (exact) mass is 369 g/mol. The Hall–Kier alpha value is -2.17. The predicted molar refractivity (Wildman–Crippen MR) is 101 cm³/mol. The summed E-state index contributed by atoms with van der Waals surface area (Å²) in [5.41, 5.74) is 2.06. The Kier molecular flexibility index (Phi) is 4.79. The molecule has 5 nitrogen and oxygen atoms in total. The fourth-order valence-corrected chi connectivity index (χ4v) is 5.09. The Morgan fingerprint density at radius 2 is 1.81 bits per heavy atom. The Morgan fingerprint density at radius 1 is 1.15 bits per heavy atom. The van der Waals surface area contributed by atoms with Crippen LogP contribution in [0.2, 0.25) is 0 Å². The number of ketones is 1. The highest BCUT2D eigenvalue weighted by molar-refractivity contribution is 5.99. The number of anilines is 1. The van der Waals surface area contributed by atoms with Gasteiger partial charge in [0.1, 0.15) is 5.78 Å². The van der Waals surface area contributed by atoms with E-state index < -0.39 is 6.10 Å². The molecule has 144 valence electrons. The van der Waals surface area contributed by atoms with E-state index in [2.05, 4.69) is 0 Å². The second-order valence-corrected chi connectivity index (χ2v) is 8.36. The van der Waals surface area contributed by atoms with E-state index in [1.807, 2.05) is 31.2 Å². The molecule has 5 heteroatoms. The minimum absolute atomic E-state index is 0.00605. The summed E-state index contributed by atoms with van der Waals surface area (Å²) in [7, 11) is 0. The van der Waals surface area contributed by atoms with Crippen molar-refractivity contribution in [1.29, 1.82) is 0 Å². The minimum Gasteiger partial charge on any atom is -0.452 e. The van der Waals surface area contributed by atoms with E-state index in [-0.39, 0.29) is 35.7 Å². The lowest BCUT2D eigenvalue weighted by molar-refractivity contribution is -0.161. The molecule has 3 aliphatic rings. The smallest absolute Gasteiger partial charge is 0.309 e. The van der Waals surface area contributed by atoms with Crippen LogP contribution in [-0.2, 0) is 25.5 Å². The van der Waals surface area contributed by atoms with Gasteiger partial charge in [0.05, 0.1) is 5.92 Å². The first-order valence-electron chi connectivity index (χ1n) is 10.1. The van der Waals surface area contributed by atoms with Crippen molar-refractivity contribution in [2.45, 2.75) is 64.5 Å².